The van der Waals surface area contributed by atoms with Gasteiger partial charge in [-0.05, 0) is 37.0 Å². The minimum atomic E-state index is -0.469. The van der Waals surface area contributed by atoms with Crippen molar-refractivity contribution in [3.8, 4) is 0 Å². The van der Waals surface area contributed by atoms with E-state index in [0.29, 0.717) is 12.5 Å². The van der Waals surface area contributed by atoms with Crippen molar-refractivity contribution < 1.29 is 9.52 Å². The smallest absolute Gasteiger partial charge is 0.198 e. The number of rotatable bonds is 5. The molecule has 0 saturated heterocycles. The number of hydrogen-bond donors (Lipinski definition) is 2. The molecule has 2 N–H and O–H groups in total. The van der Waals surface area contributed by atoms with Gasteiger partial charge in [-0.15, -0.1) is 0 Å². The number of fused-ring (bicyclic) bond motifs is 1. The Morgan fingerprint density at radius 2 is 2.20 bits per heavy atom. The average Bonchev–Trinajstić information content (AvgIpc) is 2.80. The van der Waals surface area contributed by atoms with Crippen LogP contribution in [0.25, 0.3) is 11.1 Å². The lowest BCUT2D eigenvalue weighted by atomic mass is 9.80. The minimum absolute atomic E-state index is 0.303. The Kier molecular flexibility index (Phi) is 3.52. The molecule has 1 aliphatic rings. The molecule has 0 aliphatic heterocycles. The van der Waals surface area contributed by atoms with Gasteiger partial charge in [0.25, 0.3) is 0 Å². The van der Waals surface area contributed by atoms with Gasteiger partial charge in [0, 0.05) is 19.0 Å². The number of nitrogens with zero attached hydrogens (tertiary/aromatic N) is 1. The summed E-state index contributed by atoms with van der Waals surface area (Å²) < 4.78 is 5.70. The fourth-order valence-corrected chi connectivity index (χ4v) is 2.55. The quantitative estimate of drug-likeness (QED) is 0.880. The molecule has 0 amide bonds. The first-order valence-electron chi connectivity index (χ1n) is 7.38. The highest BCUT2D eigenvalue weighted by atomic mass is 16.3. The summed E-state index contributed by atoms with van der Waals surface area (Å²) in [7, 11) is 0. The molecule has 3 rings (SSSR count). The van der Waals surface area contributed by atoms with Crippen molar-refractivity contribution in [1.29, 1.82) is 0 Å². The van der Waals surface area contributed by atoms with Gasteiger partial charge in [0.15, 0.2) is 11.5 Å². The summed E-state index contributed by atoms with van der Waals surface area (Å²) >= 11 is 0. The highest BCUT2D eigenvalue weighted by Crippen LogP contribution is 2.30. The average molecular weight is 274 g/mol. The molecule has 2 aromatic rings. The zero-order valence-electron chi connectivity index (χ0n) is 12.1. The maximum Gasteiger partial charge on any atom is 0.198 e. The van der Waals surface area contributed by atoms with Gasteiger partial charge in [0.2, 0.25) is 0 Å². The van der Waals surface area contributed by atoms with Crippen LogP contribution in [0.15, 0.2) is 22.6 Å². The summed E-state index contributed by atoms with van der Waals surface area (Å²) in [6.45, 7) is 5.57. The van der Waals surface area contributed by atoms with Crippen LogP contribution in [0.1, 0.15) is 50.5 Å². The molecular formula is C16H22N2O2. The first-order chi connectivity index (χ1) is 9.56. The largest absolute Gasteiger partial charge is 0.440 e. The van der Waals surface area contributed by atoms with Gasteiger partial charge >= 0.3 is 0 Å². The summed E-state index contributed by atoms with van der Waals surface area (Å²) in [5.41, 5.74) is 2.46. The lowest BCUT2D eigenvalue weighted by molar-refractivity contribution is -0.0314. The number of aromatic nitrogens is 1. The lowest BCUT2D eigenvalue weighted by Gasteiger charge is -2.36. The number of benzene rings is 1. The molecule has 108 valence electrons. The fourth-order valence-electron chi connectivity index (χ4n) is 2.55. The first kappa shape index (κ1) is 13.6. The van der Waals surface area contributed by atoms with Crippen LogP contribution in [-0.2, 0) is 6.54 Å². The van der Waals surface area contributed by atoms with Crippen molar-refractivity contribution >= 4 is 11.1 Å². The molecule has 0 spiro atoms. The predicted molar refractivity (Wildman–Crippen MR) is 78.6 cm³/mol. The van der Waals surface area contributed by atoms with E-state index in [-0.39, 0.29) is 0 Å². The number of nitrogens with one attached hydrogen (secondary N) is 1. The topological polar surface area (TPSA) is 58.3 Å². The zero-order chi connectivity index (χ0) is 14.2. The summed E-state index contributed by atoms with van der Waals surface area (Å²) in [5, 5.41) is 13.4. The van der Waals surface area contributed by atoms with E-state index in [2.05, 4.69) is 36.3 Å². The molecule has 0 radical (unpaired) electrons. The zero-order valence-corrected chi connectivity index (χ0v) is 12.1. The van der Waals surface area contributed by atoms with Crippen molar-refractivity contribution in [3.05, 3.63) is 29.7 Å². The Labute approximate surface area is 119 Å². The van der Waals surface area contributed by atoms with Gasteiger partial charge in [-0.3, -0.25) is 0 Å². The van der Waals surface area contributed by atoms with Crippen LogP contribution in [0.5, 0.6) is 0 Å². The van der Waals surface area contributed by atoms with Gasteiger partial charge in [-0.2, -0.15) is 0 Å². The minimum Gasteiger partial charge on any atom is -0.440 e. The molecule has 0 atom stereocenters. The van der Waals surface area contributed by atoms with Crippen LogP contribution in [-0.4, -0.2) is 22.2 Å². The van der Waals surface area contributed by atoms with Gasteiger partial charge in [0.05, 0.1) is 5.60 Å². The predicted octanol–water partition coefficient (Wildman–Crippen LogP) is 2.96. The molecule has 1 aromatic heterocycles. The van der Waals surface area contributed by atoms with E-state index in [1.165, 1.54) is 5.56 Å². The molecular weight excluding hydrogens is 252 g/mol. The monoisotopic (exact) mass is 274 g/mol. The first-order valence-corrected chi connectivity index (χ1v) is 7.38. The molecule has 1 aliphatic carbocycles. The Morgan fingerprint density at radius 3 is 2.85 bits per heavy atom. The third-order valence-corrected chi connectivity index (χ3v) is 4.03. The van der Waals surface area contributed by atoms with Gasteiger partial charge < -0.3 is 14.8 Å². The molecule has 1 heterocycles. The second-order valence-electron chi connectivity index (χ2n) is 6.19. The van der Waals surface area contributed by atoms with Crippen LogP contribution >= 0.6 is 0 Å². The standard InChI is InChI=1S/C16H22N2O2/c1-11(2)15-18-13-8-12(4-5-14(13)20-15)9-17-10-16(19)6-3-7-16/h4-5,8,11,17,19H,3,6-7,9-10H2,1-2H3. The molecule has 0 unspecified atom stereocenters. The second kappa shape index (κ2) is 5.19. The molecule has 1 aromatic carbocycles. The highest BCUT2D eigenvalue weighted by Gasteiger charge is 2.33. The number of hydrogen-bond acceptors (Lipinski definition) is 4. The molecule has 4 heteroatoms. The van der Waals surface area contributed by atoms with Crippen molar-refractivity contribution in [3.63, 3.8) is 0 Å². The van der Waals surface area contributed by atoms with E-state index in [1.54, 1.807) is 0 Å². The second-order valence-corrected chi connectivity index (χ2v) is 6.19. The van der Waals surface area contributed by atoms with E-state index in [9.17, 15) is 5.11 Å². The Hall–Kier alpha value is -1.39. The summed E-state index contributed by atoms with van der Waals surface area (Å²) in [5.74, 6) is 1.09. The van der Waals surface area contributed by atoms with Crippen LogP contribution in [0.2, 0.25) is 0 Å². The Bertz CT molecular complexity index is 600. The van der Waals surface area contributed by atoms with E-state index in [1.807, 2.05) is 6.07 Å². The summed E-state index contributed by atoms with van der Waals surface area (Å²) in [6.07, 6.45) is 2.97. The SMILES string of the molecule is CC(C)c1nc2cc(CNCC3(O)CCC3)ccc2o1. The Morgan fingerprint density at radius 1 is 1.40 bits per heavy atom. The van der Waals surface area contributed by atoms with Crippen molar-refractivity contribution in [2.45, 2.75) is 51.2 Å². The molecule has 1 saturated carbocycles. The maximum atomic E-state index is 10.0. The van der Waals surface area contributed by atoms with Crippen molar-refractivity contribution in [2.24, 2.45) is 0 Å². The summed E-state index contributed by atoms with van der Waals surface area (Å²) in [6, 6.07) is 6.08. The Balaban J connectivity index is 1.66. The van der Waals surface area contributed by atoms with Crippen LogP contribution in [0.3, 0.4) is 0 Å². The molecule has 1 fully saturated rings. The molecule has 20 heavy (non-hydrogen) atoms. The van der Waals surface area contributed by atoms with Gasteiger partial charge in [-0.25, -0.2) is 4.98 Å². The van der Waals surface area contributed by atoms with Crippen LogP contribution in [0.4, 0.5) is 0 Å². The normalized spacial score (nSPS) is 17.6. The third kappa shape index (κ3) is 2.72. The molecule has 0 bridgehead atoms. The van der Waals surface area contributed by atoms with E-state index >= 15 is 0 Å². The van der Waals surface area contributed by atoms with Crippen LogP contribution < -0.4 is 5.32 Å². The maximum absolute atomic E-state index is 10.0. The van der Waals surface area contributed by atoms with Crippen LogP contribution in [0, 0.1) is 0 Å². The number of aliphatic hydroxyl groups is 1. The number of oxazole rings is 1. The highest BCUT2D eigenvalue weighted by molar-refractivity contribution is 5.73. The lowest BCUT2D eigenvalue weighted by Crippen LogP contribution is -2.45. The van der Waals surface area contributed by atoms with Gasteiger partial charge in [-0.1, -0.05) is 19.9 Å². The van der Waals surface area contributed by atoms with E-state index in [4.69, 9.17) is 4.42 Å². The fraction of sp³-hybridized carbons (Fsp3) is 0.562. The van der Waals surface area contributed by atoms with E-state index < -0.39 is 5.60 Å². The third-order valence-electron chi connectivity index (χ3n) is 4.03. The van der Waals surface area contributed by atoms with Crippen molar-refractivity contribution in [1.82, 2.24) is 10.3 Å². The van der Waals surface area contributed by atoms with E-state index in [0.717, 1.165) is 42.8 Å². The summed E-state index contributed by atoms with van der Waals surface area (Å²) in [4.78, 5) is 4.51. The van der Waals surface area contributed by atoms with Gasteiger partial charge in [0.1, 0.15) is 5.52 Å². The molecule has 4 nitrogen and oxygen atoms in total. The van der Waals surface area contributed by atoms with Crippen molar-refractivity contribution in [2.75, 3.05) is 6.54 Å².